The van der Waals surface area contributed by atoms with E-state index in [0.717, 1.165) is 12.1 Å². The summed E-state index contributed by atoms with van der Waals surface area (Å²) >= 11 is 5.89. The monoisotopic (exact) mass is 343 g/mol. The molecule has 23 heavy (non-hydrogen) atoms. The molecule has 0 heterocycles. The number of methoxy groups -OCH3 is 2. The van der Waals surface area contributed by atoms with Gasteiger partial charge in [0.2, 0.25) is 0 Å². The molecule has 2 aromatic carbocycles. The molecular formula is C16H13ClF3NO2. The van der Waals surface area contributed by atoms with Crippen molar-refractivity contribution in [2.24, 2.45) is 4.99 Å². The predicted molar refractivity (Wildman–Crippen MR) is 83.3 cm³/mol. The molecule has 0 N–H and O–H groups in total. The molecule has 0 aliphatic carbocycles. The van der Waals surface area contributed by atoms with Crippen molar-refractivity contribution in [2.45, 2.75) is 6.18 Å². The molecule has 0 amide bonds. The number of hydrogen-bond acceptors (Lipinski definition) is 3. The van der Waals surface area contributed by atoms with Crippen molar-refractivity contribution in [1.82, 2.24) is 0 Å². The average molecular weight is 344 g/mol. The third kappa shape index (κ3) is 4.16. The zero-order valence-corrected chi connectivity index (χ0v) is 13.1. The van der Waals surface area contributed by atoms with Crippen LogP contribution >= 0.6 is 11.6 Å². The van der Waals surface area contributed by atoms with Crippen LogP contribution in [0.15, 0.2) is 41.4 Å². The quantitative estimate of drug-likeness (QED) is 0.721. The van der Waals surface area contributed by atoms with E-state index in [1.165, 1.54) is 26.5 Å². The molecule has 2 rings (SSSR count). The highest BCUT2D eigenvalue weighted by Gasteiger charge is 2.30. The van der Waals surface area contributed by atoms with Gasteiger partial charge in [0.25, 0.3) is 0 Å². The van der Waals surface area contributed by atoms with Crippen molar-refractivity contribution in [3.8, 4) is 11.5 Å². The second-order valence-electron chi connectivity index (χ2n) is 4.54. The SMILES string of the molecule is COc1ccc(C=Nc2cc(C(F)(F)F)ccc2Cl)cc1OC. The summed E-state index contributed by atoms with van der Waals surface area (Å²) in [5, 5.41) is 0.134. The van der Waals surface area contributed by atoms with Gasteiger partial charge in [0, 0.05) is 6.21 Å². The number of ether oxygens (including phenoxy) is 2. The van der Waals surface area contributed by atoms with Gasteiger partial charge < -0.3 is 9.47 Å². The third-order valence-electron chi connectivity index (χ3n) is 3.03. The van der Waals surface area contributed by atoms with E-state index in [1.807, 2.05) is 0 Å². The van der Waals surface area contributed by atoms with Crippen molar-refractivity contribution >= 4 is 23.5 Å². The first kappa shape index (κ1) is 17.1. The van der Waals surface area contributed by atoms with Crippen molar-refractivity contribution < 1.29 is 22.6 Å². The number of aliphatic imine (C=N–C) groups is 1. The summed E-state index contributed by atoms with van der Waals surface area (Å²) in [4.78, 5) is 4.03. The lowest BCUT2D eigenvalue weighted by Crippen LogP contribution is -2.04. The fourth-order valence-corrected chi connectivity index (χ4v) is 2.03. The summed E-state index contributed by atoms with van der Waals surface area (Å²) in [6, 6.07) is 8.02. The van der Waals surface area contributed by atoms with Crippen LogP contribution in [0.1, 0.15) is 11.1 Å². The number of halogens is 4. The molecule has 0 aliphatic heterocycles. The average Bonchev–Trinajstić information content (AvgIpc) is 2.52. The summed E-state index contributed by atoms with van der Waals surface area (Å²) in [6.07, 6.45) is -3.04. The molecule has 0 saturated heterocycles. The first-order chi connectivity index (χ1) is 10.8. The minimum absolute atomic E-state index is 0.0382. The largest absolute Gasteiger partial charge is 0.493 e. The Morgan fingerprint density at radius 2 is 1.70 bits per heavy atom. The van der Waals surface area contributed by atoms with E-state index in [9.17, 15) is 13.2 Å². The maximum absolute atomic E-state index is 12.7. The van der Waals surface area contributed by atoms with Gasteiger partial charge in [0.05, 0.1) is 30.5 Å². The van der Waals surface area contributed by atoms with E-state index in [0.29, 0.717) is 17.1 Å². The fraction of sp³-hybridized carbons (Fsp3) is 0.188. The molecule has 2 aromatic rings. The Hall–Kier alpha value is -2.21. The van der Waals surface area contributed by atoms with Crippen LogP contribution in [0.2, 0.25) is 5.02 Å². The lowest BCUT2D eigenvalue weighted by atomic mass is 10.2. The standard InChI is InChI=1S/C16H13ClF3NO2/c1-22-14-6-3-10(7-15(14)23-2)9-21-13-8-11(16(18,19)20)4-5-12(13)17/h3-9H,1-2H3. The molecule has 0 saturated carbocycles. The molecule has 0 radical (unpaired) electrons. The maximum Gasteiger partial charge on any atom is 0.416 e. The number of hydrogen-bond donors (Lipinski definition) is 0. The number of rotatable bonds is 4. The Balaban J connectivity index is 2.33. The molecular weight excluding hydrogens is 331 g/mol. The zero-order chi connectivity index (χ0) is 17.0. The van der Waals surface area contributed by atoms with E-state index in [2.05, 4.69) is 4.99 Å². The Morgan fingerprint density at radius 3 is 2.30 bits per heavy atom. The molecule has 3 nitrogen and oxygen atoms in total. The van der Waals surface area contributed by atoms with E-state index in [4.69, 9.17) is 21.1 Å². The van der Waals surface area contributed by atoms with E-state index >= 15 is 0 Å². The second-order valence-corrected chi connectivity index (χ2v) is 4.94. The predicted octanol–water partition coefficient (Wildman–Crippen LogP) is 5.13. The highest BCUT2D eigenvalue weighted by Crippen LogP contribution is 2.35. The second kappa shape index (κ2) is 6.91. The van der Waals surface area contributed by atoms with Gasteiger partial charge in [0.1, 0.15) is 0 Å². The topological polar surface area (TPSA) is 30.8 Å². The third-order valence-corrected chi connectivity index (χ3v) is 3.35. The summed E-state index contributed by atoms with van der Waals surface area (Å²) in [7, 11) is 3.00. The smallest absolute Gasteiger partial charge is 0.416 e. The van der Waals surface area contributed by atoms with Gasteiger partial charge in [0.15, 0.2) is 11.5 Å². The van der Waals surface area contributed by atoms with Crippen molar-refractivity contribution in [2.75, 3.05) is 14.2 Å². The Labute approximate surface area is 136 Å². The first-order valence-corrected chi connectivity index (χ1v) is 6.86. The van der Waals surface area contributed by atoms with Gasteiger partial charge in [-0.1, -0.05) is 11.6 Å². The molecule has 0 spiro atoms. The van der Waals surface area contributed by atoms with Crippen LogP contribution in [0.5, 0.6) is 11.5 Å². The number of alkyl halides is 3. The summed E-state index contributed by atoms with van der Waals surface area (Å²) < 4.78 is 48.4. The Kier molecular flexibility index (Phi) is 5.15. The van der Waals surface area contributed by atoms with Gasteiger partial charge in [-0.25, -0.2) is 0 Å². The Bertz CT molecular complexity index is 730. The highest BCUT2D eigenvalue weighted by molar-refractivity contribution is 6.33. The van der Waals surface area contributed by atoms with Crippen LogP contribution < -0.4 is 9.47 Å². The lowest BCUT2D eigenvalue weighted by molar-refractivity contribution is -0.137. The summed E-state index contributed by atoms with van der Waals surface area (Å²) in [6.45, 7) is 0. The van der Waals surface area contributed by atoms with E-state index < -0.39 is 11.7 Å². The van der Waals surface area contributed by atoms with Crippen molar-refractivity contribution in [1.29, 1.82) is 0 Å². The van der Waals surface area contributed by atoms with Crippen LogP contribution in [0, 0.1) is 0 Å². The van der Waals surface area contributed by atoms with Crippen LogP contribution in [-0.4, -0.2) is 20.4 Å². The van der Waals surface area contributed by atoms with Gasteiger partial charge in [-0.15, -0.1) is 0 Å². The van der Waals surface area contributed by atoms with Gasteiger partial charge in [-0.05, 0) is 42.0 Å². The van der Waals surface area contributed by atoms with E-state index in [-0.39, 0.29) is 10.7 Å². The minimum atomic E-state index is -4.45. The highest BCUT2D eigenvalue weighted by atomic mass is 35.5. The van der Waals surface area contributed by atoms with Crippen LogP contribution in [-0.2, 0) is 6.18 Å². The molecule has 122 valence electrons. The first-order valence-electron chi connectivity index (χ1n) is 6.48. The number of nitrogens with zero attached hydrogens (tertiary/aromatic N) is 1. The minimum Gasteiger partial charge on any atom is -0.493 e. The van der Waals surface area contributed by atoms with Crippen LogP contribution in [0.3, 0.4) is 0 Å². The number of benzene rings is 2. The molecule has 0 aromatic heterocycles. The molecule has 0 bridgehead atoms. The van der Waals surface area contributed by atoms with Crippen LogP contribution in [0.25, 0.3) is 0 Å². The normalized spacial score (nSPS) is 11.7. The molecule has 7 heteroatoms. The molecule has 0 atom stereocenters. The summed E-state index contributed by atoms with van der Waals surface area (Å²) in [5.41, 5.74) is -0.131. The van der Waals surface area contributed by atoms with Gasteiger partial charge >= 0.3 is 6.18 Å². The fourth-order valence-electron chi connectivity index (χ4n) is 1.87. The lowest BCUT2D eigenvalue weighted by Gasteiger charge is -2.08. The van der Waals surface area contributed by atoms with Gasteiger partial charge in [-0.3, -0.25) is 4.99 Å². The van der Waals surface area contributed by atoms with Crippen LogP contribution in [0.4, 0.5) is 18.9 Å². The van der Waals surface area contributed by atoms with Crippen molar-refractivity contribution in [3.63, 3.8) is 0 Å². The Morgan fingerprint density at radius 1 is 1.00 bits per heavy atom. The molecule has 0 fully saturated rings. The molecule has 0 unspecified atom stereocenters. The van der Waals surface area contributed by atoms with Gasteiger partial charge in [-0.2, -0.15) is 13.2 Å². The summed E-state index contributed by atoms with van der Waals surface area (Å²) in [5.74, 6) is 1.04. The molecule has 0 aliphatic rings. The van der Waals surface area contributed by atoms with E-state index in [1.54, 1.807) is 18.2 Å². The maximum atomic E-state index is 12.7. The van der Waals surface area contributed by atoms with Crippen molar-refractivity contribution in [3.05, 3.63) is 52.5 Å². The zero-order valence-electron chi connectivity index (χ0n) is 12.3.